The standard InChI is InChI=1S/C13H11Cl2NOS/c14-8-7-9-1-3-10(4-2-9)16-13(17)11-5-6-12(15)18-11/h1-6H,7-8H2,(H,16,17). The molecule has 2 rings (SSSR count). The van der Waals surface area contributed by atoms with Gasteiger partial charge in [0.2, 0.25) is 0 Å². The van der Waals surface area contributed by atoms with E-state index < -0.39 is 0 Å². The second kappa shape index (κ2) is 6.23. The summed E-state index contributed by atoms with van der Waals surface area (Å²) in [4.78, 5) is 12.5. The fraction of sp³-hybridized carbons (Fsp3) is 0.154. The maximum Gasteiger partial charge on any atom is 0.265 e. The van der Waals surface area contributed by atoms with Gasteiger partial charge in [0.15, 0.2) is 0 Å². The number of thiophene rings is 1. The maximum absolute atomic E-state index is 11.9. The minimum Gasteiger partial charge on any atom is -0.321 e. The van der Waals surface area contributed by atoms with Crippen LogP contribution in [0.4, 0.5) is 5.69 Å². The third kappa shape index (κ3) is 3.48. The molecule has 5 heteroatoms. The Morgan fingerprint density at radius 3 is 2.44 bits per heavy atom. The van der Waals surface area contributed by atoms with Gasteiger partial charge in [-0.1, -0.05) is 23.7 Å². The first-order chi connectivity index (χ1) is 8.69. The van der Waals surface area contributed by atoms with Crippen molar-refractivity contribution in [2.45, 2.75) is 6.42 Å². The second-order valence-electron chi connectivity index (χ2n) is 3.69. The van der Waals surface area contributed by atoms with Gasteiger partial charge in [-0.3, -0.25) is 4.79 Å². The molecule has 2 nitrogen and oxygen atoms in total. The molecule has 0 saturated carbocycles. The monoisotopic (exact) mass is 299 g/mol. The van der Waals surface area contributed by atoms with Crippen LogP contribution in [0.5, 0.6) is 0 Å². The van der Waals surface area contributed by atoms with Crippen molar-refractivity contribution >= 4 is 46.1 Å². The summed E-state index contributed by atoms with van der Waals surface area (Å²) in [6.07, 6.45) is 0.830. The van der Waals surface area contributed by atoms with Gasteiger partial charge in [0.1, 0.15) is 0 Å². The molecule has 1 amide bonds. The van der Waals surface area contributed by atoms with Crippen LogP contribution in [0.1, 0.15) is 15.2 Å². The third-order valence-electron chi connectivity index (χ3n) is 2.39. The number of carbonyl (C=O) groups excluding carboxylic acids is 1. The lowest BCUT2D eigenvalue weighted by Crippen LogP contribution is -2.09. The van der Waals surface area contributed by atoms with Gasteiger partial charge in [0.25, 0.3) is 5.91 Å². The average molecular weight is 300 g/mol. The van der Waals surface area contributed by atoms with E-state index in [1.165, 1.54) is 11.3 Å². The molecule has 0 fully saturated rings. The summed E-state index contributed by atoms with van der Waals surface area (Å²) in [5.41, 5.74) is 1.92. The number of rotatable bonds is 4. The van der Waals surface area contributed by atoms with E-state index in [2.05, 4.69) is 5.32 Å². The Balaban J connectivity index is 2.03. The first kappa shape index (κ1) is 13.4. The van der Waals surface area contributed by atoms with Crippen LogP contribution in [0.15, 0.2) is 36.4 Å². The maximum atomic E-state index is 11.9. The summed E-state index contributed by atoms with van der Waals surface area (Å²) in [5, 5.41) is 2.82. The molecular formula is C13H11Cl2NOS. The van der Waals surface area contributed by atoms with Crippen LogP contribution in [-0.4, -0.2) is 11.8 Å². The van der Waals surface area contributed by atoms with Gasteiger partial charge in [-0.15, -0.1) is 22.9 Å². The molecule has 0 aliphatic heterocycles. The fourth-order valence-corrected chi connectivity index (χ4v) is 2.65. The highest BCUT2D eigenvalue weighted by Gasteiger charge is 2.08. The van der Waals surface area contributed by atoms with Crippen LogP contribution < -0.4 is 5.32 Å². The van der Waals surface area contributed by atoms with Crippen molar-refractivity contribution in [1.29, 1.82) is 0 Å². The topological polar surface area (TPSA) is 29.1 Å². The Morgan fingerprint density at radius 1 is 1.17 bits per heavy atom. The summed E-state index contributed by atoms with van der Waals surface area (Å²) < 4.78 is 0.609. The van der Waals surface area contributed by atoms with E-state index in [-0.39, 0.29) is 5.91 Å². The molecule has 1 N–H and O–H groups in total. The van der Waals surface area contributed by atoms with Crippen LogP contribution in [0.2, 0.25) is 4.34 Å². The molecular weight excluding hydrogens is 289 g/mol. The van der Waals surface area contributed by atoms with E-state index in [0.717, 1.165) is 17.7 Å². The quantitative estimate of drug-likeness (QED) is 0.831. The number of alkyl halides is 1. The number of amides is 1. The van der Waals surface area contributed by atoms with E-state index in [9.17, 15) is 4.79 Å². The molecule has 0 saturated heterocycles. The minimum atomic E-state index is -0.142. The Bertz CT molecular complexity index is 536. The molecule has 2 aromatic rings. The van der Waals surface area contributed by atoms with Crippen molar-refractivity contribution in [1.82, 2.24) is 0 Å². The smallest absolute Gasteiger partial charge is 0.265 e. The van der Waals surface area contributed by atoms with Crippen LogP contribution in [0, 0.1) is 0 Å². The molecule has 94 valence electrons. The van der Waals surface area contributed by atoms with Gasteiger partial charge < -0.3 is 5.32 Å². The van der Waals surface area contributed by atoms with E-state index in [1.54, 1.807) is 12.1 Å². The largest absolute Gasteiger partial charge is 0.321 e. The van der Waals surface area contributed by atoms with Gasteiger partial charge in [0.05, 0.1) is 9.21 Å². The molecule has 0 bridgehead atoms. The van der Waals surface area contributed by atoms with E-state index >= 15 is 0 Å². The first-order valence-corrected chi connectivity index (χ1v) is 7.13. The van der Waals surface area contributed by atoms with E-state index in [1.807, 2.05) is 24.3 Å². The number of hydrogen-bond donors (Lipinski definition) is 1. The molecule has 1 heterocycles. The molecule has 18 heavy (non-hydrogen) atoms. The Morgan fingerprint density at radius 2 is 1.89 bits per heavy atom. The Labute approximate surface area is 120 Å². The van der Waals surface area contributed by atoms with Crippen LogP contribution in [0.25, 0.3) is 0 Å². The summed E-state index contributed by atoms with van der Waals surface area (Å²) in [6, 6.07) is 11.1. The second-order valence-corrected chi connectivity index (χ2v) is 5.79. The number of aryl methyl sites for hydroxylation is 1. The average Bonchev–Trinajstić information content (AvgIpc) is 2.79. The van der Waals surface area contributed by atoms with Crippen LogP contribution in [-0.2, 0) is 6.42 Å². The SMILES string of the molecule is O=C(Nc1ccc(CCCl)cc1)c1ccc(Cl)s1. The van der Waals surface area contributed by atoms with Crippen molar-refractivity contribution in [3.63, 3.8) is 0 Å². The predicted molar refractivity (Wildman–Crippen MR) is 78.1 cm³/mol. The summed E-state index contributed by atoms with van der Waals surface area (Å²) in [7, 11) is 0. The molecule has 0 radical (unpaired) electrons. The van der Waals surface area contributed by atoms with Crippen molar-refractivity contribution in [2.75, 3.05) is 11.2 Å². The highest BCUT2D eigenvalue weighted by molar-refractivity contribution is 7.18. The lowest BCUT2D eigenvalue weighted by molar-refractivity contribution is 0.103. The fourth-order valence-electron chi connectivity index (χ4n) is 1.49. The first-order valence-electron chi connectivity index (χ1n) is 5.40. The van der Waals surface area contributed by atoms with Crippen LogP contribution in [0.3, 0.4) is 0 Å². The lowest BCUT2D eigenvalue weighted by Gasteiger charge is -2.04. The number of benzene rings is 1. The van der Waals surface area contributed by atoms with Gasteiger partial charge in [-0.05, 0) is 36.2 Å². The van der Waals surface area contributed by atoms with Gasteiger partial charge in [0, 0.05) is 11.6 Å². The number of hydrogen-bond acceptors (Lipinski definition) is 2. The molecule has 1 aromatic carbocycles. The molecule has 0 aliphatic carbocycles. The number of halogens is 2. The Kier molecular flexibility index (Phi) is 4.64. The zero-order valence-electron chi connectivity index (χ0n) is 9.45. The number of nitrogens with one attached hydrogen (secondary N) is 1. The zero-order valence-corrected chi connectivity index (χ0v) is 11.8. The van der Waals surface area contributed by atoms with Crippen molar-refractivity contribution in [3.05, 3.63) is 51.2 Å². The zero-order chi connectivity index (χ0) is 13.0. The molecule has 1 aromatic heterocycles. The molecule has 0 spiro atoms. The third-order valence-corrected chi connectivity index (χ3v) is 3.81. The van der Waals surface area contributed by atoms with Crippen molar-refractivity contribution in [3.8, 4) is 0 Å². The molecule has 0 aliphatic rings. The van der Waals surface area contributed by atoms with Gasteiger partial charge in [-0.2, -0.15) is 0 Å². The Hall–Kier alpha value is -1.03. The highest BCUT2D eigenvalue weighted by atomic mass is 35.5. The lowest BCUT2D eigenvalue weighted by atomic mass is 10.1. The minimum absolute atomic E-state index is 0.142. The predicted octanol–water partition coefficient (Wildman–Crippen LogP) is 4.44. The van der Waals surface area contributed by atoms with Gasteiger partial charge >= 0.3 is 0 Å². The molecule has 0 atom stereocenters. The highest BCUT2D eigenvalue weighted by Crippen LogP contribution is 2.22. The van der Waals surface area contributed by atoms with Crippen molar-refractivity contribution in [2.24, 2.45) is 0 Å². The molecule has 0 unspecified atom stereocenters. The number of anilines is 1. The van der Waals surface area contributed by atoms with E-state index in [0.29, 0.717) is 15.1 Å². The summed E-state index contributed by atoms with van der Waals surface area (Å²) >= 11 is 12.7. The summed E-state index contributed by atoms with van der Waals surface area (Å²) in [5.74, 6) is 0.455. The van der Waals surface area contributed by atoms with Crippen LogP contribution >= 0.6 is 34.5 Å². The van der Waals surface area contributed by atoms with Gasteiger partial charge in [-0.25, -0.2) is 0 Å². The normalized spacial score (nSPS) is 10.3. The van der Waals surface area contributed by atoms with E-state index in [4.69, 9.17) is 23.2 Å². The van der Waals surface area contributed by atoms with Crippen molar-refractivity contribution < 1.29 is 4.79 Å². The number of carbonyl (C=O) groups is 1. The summed E-state index contributed by atoms with van der Waals surface area (Å²) in [6.45, 7) is 0.